The summed E-state index contributed by atoms with van der Waals surface area (Å²) in [6.07, 6.45) is 9.76. The molecule has 1 aromatic rings. The fraction of sp³-hybridized carbons (Fsp3) is 0.686. The van der Waals surface area contributed by atoms with Crippen molar-refractivity contribution in [3.8, 4) is 12.3 Å². The Hall–Kier alpha value is -3.00. The van der Waals surface area contributed by atoms with Gasteiger partial charge in [0.15, 0.2) is 0 Å². The predicted molar refractivity (Wildman–Crippen MR) is 174 cm³/mol. The Kier molecular flexibility index (Phi) is 17.1. The molecule has 4 N–H and O–H groups in total. The van der Waals surface area contributed by atoms with E-state index in [1.54, 1.807) is 14.1 Å². The van der Waals surface area contributed by atoms with E-state index < -0.39 is 48.8 Å². The molecule has 10 heteroatoms. The highest BCUT2D eigenvalue weighted by Gasteiger charge is 2.34. The molecule has 2 rings (SSSR count). The highest BCUT2D eigenvalue weighted by Crippen LogP contribution is 2.29. The van der Waals surface area contributed by atoms with Gasteiger partial charge in [-0.05, 0) is 43.7 Å². The van der Waals surface area contributed by atoms with E-state index in [1.807, 2.05) is 44.2 Å². The number of amides is 3. The van der Waals surface area contributed by atoms with Crippen LogP contribution in [0.2, 0.25) is 0 Å². The lowest BCUT2D eigenvalue weighted by Gasteiger charge is -2.33. The zero-order valence-corrected chi connectivity index (χ0v) is 27.6. The number of nitrogens with one attached hydrogen (secondary N) is 2. The maximum absolute atomic E-state index is 13.7. The highest BCUT2D eigenvalue weighted by molar-refractivity contribution is 5.91. The molecule has 45 heavy (non-hydrogen) atoms. The monoisotopic (exact) mass is 630 g/mol. The van der Waals surface area contributed by atoms with Gasteiger partial charge in [0.2, 0.25) is 17.7 Å². The Balaban J connectivity index is 2.21. The van der Waals surface area contributed by atoms with Crippen LogP contribution in [0.25, 0.3) is 0 Å². The Labute approximate surface area is 269 Å². The van der Waals surface area contributed by atoms with E-state index in [0.29, 0.717) is 31.8 Å². The van der Waals surface area contributed by atoms with Gasteiger partial charge in [-0.25, -0.2) is 4.39 Å². The predicted octanol–water partition coefficient (Wildman–Crippen LogP) is 3.28. The van der Waals surface area contributed by atoms with Crippen LogP contribution in [-0.2, 0) is 20.8 Å². The van der Waals surface area contributed by atoms with Gasteiger partial charge in [0, 0.05) is 33.0 Å². The maximum atomic E-state index is 13.7. The Morgan fingerprint density at radius 3 is 2.29 bits per heavy atom. The number of hydrogen-bond acceptors (Lipinski definition) is 6. The summed E-state index contributed by atoms with van der Waals surface area (Å²) in [5.41, 5.74) is 0.859. The lowest BCUT2D eigenvalue weighted by Crippen LogP contribution is -2.56. The first-order valence-corrected chi connectivity index (χ1v) is 16.4. The second kappa shape index (κ2) is 20.2. The second-order valence-electron chi connectivity index (χ2n) is 13.1. The van der Waals surface area contributed by atoms with Crippen LogP contribution in [0.4, 0.5) is 4.39 Å². The minimum absolute atomic E-state index is 0.0835. The number of aliphatic hydroxyl groups excluding tert-OH is 2. The number of halogens is 1. The Bertz CT molecular complexity index is 1080. The summed E-state index contributed by atoms with van der Waals surface area (Å²) in [5.74, 6) is 0.861. The number of aliphatic hydroxyl groups is 2. The summed E-state index contributed by atoms with van der Waals surface area (Å²) in [6, 6.07) is 7.52. The van der Waals surface area contributed by atoms with Gasteiger partial charge in [-0.15, -0.1) is 12.3 Å². The average molecular weight is 631 g/mol. The summed E-state index contributed by atoms with van der Waals surface area (Å²) in [4.78, 5) is 43.4. The van der Waals surface area contributed by atoms with Gasteiger partial charge < -0.3 is 25.7 Å². The van der Waals surface area contributed by atoms with Crippen molar-refractivity contribution in [3.05, 3.63) is 35.9 Å². The number of carbonyl (C=O) groups is 3. The van der Waals surface area contributed by atoms with Crippen molar-refractivity contribution in [2.75, 3.05) is 34.0 Å². The molecule has 4 unspecified atom stereocenters. The fourth-order valence-corrected chi connectivity index (χ4v) is 5.88. The molecule has 1 fully saturated rings. The number of benzene rings is 1. The summed E-state index contributed by atoms with van der Waals surface area (Å²) in [7, 11) is 3.23. The largest absolute Gasteiger partial charge is 0.390 e. The number of nitrogens with zero attached hydrogens (tertiary/aromatic N) is 2. The first-order chi connectivity index (χ1) is 21.4. The van der Waals surface area contributed by atoms with E-state index in [4.69, 9.17) is 6.42 Å². The van der Waals surface area contributed by atoms with Crippen LogP contribution >= 0.6 is 0 Å². The number of carbonyl (C=O) groups excluding carboxylic acids is 3. The highest BCUT2D eigenvalue weighted by atomic mass is 19.1. The summed E-state index contributed by atoms with van der Waals surface area (Å²) >= 11 is 0. The molecule has 1 saturated carbocycles. The fourth-order valence-electron chi connectivity index (χ4n) is 5.88. The van der Waals surface area contributed by atoms with Gasteiger partial charge in [0.25, 0.3) is 0 Å². The average Bonchev–Trinajstić information content (AvgIpc) is 3.02. The molecule has 0 spiro atoms. The van der Waals surface area contributed by atoms with E-state index >= 15 is 0 Å². The van der Waals surface area contributed by atoms with Crippen LogP contribution < -0.4 is 10.6 Å². The molecule has 0 heterocycles. The molecule has 0 radical (unpaired) electrons. The first kappa shape index (κ1) is 38.2. The van der Waals surface area contributed by atoms with E-state index in [1.165, 1.54) is 16.2 Å². The number of likely N-dealkylation sites (N-methyl/N-ethyl adjacent to an activating group) is 2. The van der Waals surface area contributed by atoms with Gasteiger partial charge in [0.05, 0.1) is 18.1 Å². The van der Waals surface area contributed by atoms with E-state index in [-0.39, 0.29) is 31.1 Å². The van der Waals surface area contributed by atoms with Gasteiger partial charge in [0.1, 0.15) is 18.9 Å². The summed E-state index contributed by atoms with van der Waals surface area (Å²) in [6.45, 7) is 3.93. The molecule has 1 aromatic carbocycles. The molecule has 1 aliphatic carbocycles. The molecular weight excluding hydrogens is 575 g/mol. The summed E-state index contributed by atoms with van der Waals surface area (Å²) in [5, 5.41) is 27.6. The van der Waals surface area contributed by atoms with Crippen LogP contribution in [0, 0.1) is 30.1 Å². The third kappa shape index (κ3) is 13.9. The molecule has 3 amide bonds. The van der Waals surface area contributed by atoms with Gasteiger partial charge in [-0.3, -0.25) is 19.3 Å². The van der Waals surface area contributed by atoms with Crippen LogP contribution in [-0.4, -0.2) is 96.0 Å². The quantitative estimate of drug-likeness (QED) is 0.138. The molecule has 0 aromatic heterocycles. The van der Waals surface area contributed by atoms with Crippen molar-refractivity contribution in [3.63, 3.8) is 0 Å². The molecule has 0 aliphatic heterocycles. The van der Waals surface area contributed by atoms with Crippen LogP contribution in [0.3, 0.4) is 0 Å². The van der Waals surface area contributed by atoms with E-state index in [0.717, 1.165) is 31.2 Å². The normalized spacial score (nSPS) is 17.2. The standard InChI is InChI=1S/C35H55FN4O5/c1-6-13-29(35(45)38-30(22-27-16-11-8-12-17-27)33(43)31(41)20-25(2)3)37-34(44)28(21-26-14-9-7-10-15-26)23-32(42)40(5)19-18-39(4)24-36/h1,7,9-10,14-15,25,27-31,33,41,43H,8,11-13,16-24H2,2-5H3,(H,37,44)(H,38,45)/t28?,29-,30?,31?,33?/m0/s1. The number of hydrogen-bond donors (Lipinski definition) is 4. The minimum atomic E-state index is -1.17. The summed E-state index contributed by atoms with van der Waals surface area (Å²) < 4.78 is 12.9. The molecule has 1 aliphatic rings. The zero-order valence-electron chi connectivity index (χ0n) is 27.6. The van der Waals surface area contributed by atoms with E-state index in [2.05, 4.69) is 16.6 Å². The van der Waals surface area contributed by atoms with Crippen molar-refractivity contribution in [2.45, 2.75) is 102 Å². The van der Waals surface area contributed by atoms with Gasteiger partial charge in [-0.2, -0.15) is 0 Å². The molecule has 9 nitrogen and oxygen atoms in total. The lowest BCUT2D eigenvalue weighted by atomic mass is 9.82. The SMILES string of the molecule is C#CC[C@H](NC(=O)C(CC(=O)N(C)CCN(C)CF)Cc1ccccc1)C(=O)NC(CC1CCCCC1)C(O)C(O)CC(C)C. The minimum Gasteiger partial charge on any atom is -0.390 e. The number of rotatable bonds is 19. The van der Waals surface area contributed by atoms with E-state index in [9.17, 15) is 29.0 Å². The smallest absolute Gasteiger partial charge is 0.243 e. The second-order valence-corrected chi connectivity index (χ2v) is 13.1. The van der Waals surface area contributed by atoms with Crippen molar-refractivity contribution in [2.24, 2.45) is 17.8 Å². The molecule has 0 bridgehead atoms. The van der Waals surface area contributed by atoms with Gasteiger partial charge >= 0.3 is 0 Å². The molecule has 252 valence electrons. The number of alkyl halides is 1. The first-order valence-electron chi connectivity index (χ1n) is 16.4. The Morgan fingerprint density at radius 1 is 1.02 bits per heavy atom. The molecule has 5 atom stereocenters. The van der Waals surface area contributed by atoms with Gasteiger partial charge in [-0.1, -0.05) is 76.3 Å². The third-order valence-electron chi connectivity index (χ3n) is 8.68. The van der Waals surface area contributed by atoms with Crippen molar-refractivity contribution in [1.82, 2.24) is 20.4 Å². The third-order valence-corrected chi connectivity index (χ3v) is 8.68. The van der Waals surface area contributed by atoms with Crippen LogP contribution in [0.1, 0.15) is 77.2 Å². The number of terminal acetylenes is 1. The topological polar surface area (TPSA) is 122 Å². The van der Waals surface area contributed by atoms with Crippen molar-refractivity contribution < 1.29 is 29.0 Å². The van der Waals surface area contributed by atoms with Crippen molar-refractivity contribution >= 4 is 17.7 Å². The zero-order chi connectivity index (χ0) is 33.4. The Morgan fingerprint density at radius 2 is 1.69 bits per heavy atom. The van der Waals surface area contributed by atoms with Crippen molar-refractivity contribution in [1.29, 1.82) is 0 Å². The lowest BCUT2D eigenvalue weighted by molar-refractivity contribution is -0.137. The molecule has 0 saturated heterocycles. The maximum Gasteiger partial charge on any atom is 0.243 e. The van der Waals surface area contributed by atoms with Crippen LogP contribution in [0.15, 0.2) is 30.3 Å². The molecular formula is C35H55FN4O5. The van der Waals surface area contributed by atoms with Crippen LogP contribution in [0.5, 0.6) is 0 Å².